The Morgan fingerprint density at radius 3 is 2.50 bits per heavy atom. The van der Waals surface area contributed by atoms with E-state index in [0.29, 0.717) is 11.8 Å². The van der Waals surface area contributed by atoms with Crippen molar-refractivity contribution < 1.29 is 13.2 Å². The van der Waals surface area contributed by atoms with E-state index in [9.17, 15) is 13.2 Å². The van der Waals surface area contributed by atoms with Gasteiger partial charge in [0.15, 0.2) is 11.6 Å². The van der Waals surface area contributed by atoms with Crippen molar-refractivity contribution >= 4 is 0 Å². The lowest BCUT2D eigenvalue weighted by Crippen LogP contribution is -1.91. The van der Waals surface area contributed by atoms with Crippen LogP contribution in [0.2, 0.25) is 0 Å². The maximum atomic E-state index is 13.7. The van der Waals surface area contributed by atoms with E-state index in [-0.39, 0.29) is 11.3 Å². The zero-order valence-corrected chi connectivity index (χ0v) is 10.1. The molecule has 0 unspecified atom stereocenters. The Labute approximate surface area is 112 Å². The molecule has 0 aliphatic heterocycles. The van der Waals surface area contributed by atoms with Gasteiger partial charge in [0, 0.05) is 29.6 Å². The molecule has 3 rings (SSSR count). The average molecular weight is 275 g/mol. The van der Waals surface area contributed by atoms with E-state index in [0.717, 1.165) is 11.6 Å². The first kappa shape index (κ1) is 12.4. The molecule has 0 amide bonds. The van der Waals surface area contributed by atoms with Crippen molar-refractivity contribution in [2.75, 3.05) is 0 Å². The lowest BCUT2D eigenvalue weighted by Gasteiger charge is -2.00. The summed E-state index contributed by atoms with van der Waals surface area (Å²) in [4.78, 5) is 3.95. The van der Waals surface area contributed by atoms with Crippen molar-refractivity contribution in [1.82, 2.24) is 15.2 Å². The zero-order valence-electron chi connectivity index (χ0n) is 10.1. The second kappa shape index (κ2) is 4.80. The molecule has 20 heavy (non-hydrogen) atoms. The van der Waals surface area contributed by atoms with Crippen LogP contribution in [0, 0.1) is 17.5 Å². The Hall–Kier alpha value is -2.63. The smallest absolute Gasteiger partial charge is 0.161 e. The van der Waals surface area contributed by atoms with Crippen molar-refractivity contribution in [1.29, 1.82) is 0 Å². The summed E-state index contributed by atoms with van der Waals surface area (Å²) in [6.45, 7) is 0. The van der Waals surface area contributed by atoms with E-state index in [1.54, 1.807) is 30.6 Å². The van der Waals surface area contributed by atoms with E-state index >= 15 is 0 Å². The molecular weight excluding hydrogens is 267 g/mol. The van der Waals surface area contributed by atoms with Crippen LogP contribution in [0.25, 0.3) is 22.5 Å². The van der Waals surface area contributed by atoms with Gasteiger partial charge in [0.05, 0.1) is 11.4 Å². The molecule has 100 valence electrons. The van der Waals surface area contributed by atoms with Crippen molar-refractivity contribution in [2.24, 2.45) is 0 Å². The van der Waals surface area contributed by atoms with Gasteiger partial charge in [-0.1, -0.05) is 0 Å². The number of hydrogen-bond donors (Lipinski definition) is 1. The van der Waals surface area contributed by atoms with Crippen molar-refractivity contribution in [2.45, 2.75) is 0 Å². The van der Waals surface area contributed by atoms with E-state index in [2.05, 4.69) is 15.2 Å². The fraction of sp³-hybridized carbons (Fsp3) is 0. The summed E-state index contributed by atoms with van der Waals surface area (Å²) in [5, 5.41) is 6.61. The van der Waals surface area contributed by atoms with Crippen LogP contribution < -0.4 is 0 Å². The lowest BCUT2D eigenvalue weighted by molar-refractivity contribution is 0.496. The molecule has 2 heterocycles. The second-order valence-corrected chi connectivity index (χ2v) is 4.15. The van der Waals surface area contributed by atoms with Gasteiger partial charge in [-0.2, -0.15) is 5.10 Å². The van der Waals surface area contributed by atoms with E-state index in [1.165, 1.54) is 0 Å². The molecule has 3 nitrogen and oxygen atoms in total. The highest BCUT2D eigenvalue weighted by molar-refractivity contribution is 5.68. The van der Waals surface area contributed by atoms with Crippen LogP contribution in [0.1, 0.15) is 0 Å². The SMILES string of the molecule is Fc1cc(F)c(-c2cc(-c3cccnc3)n[nH]2)cc1F. The summed E-state index contributed by atoms with van der Waals surface area (Å²) in [7, 11) is 0. The molecule has 2 aromatic heterocycles. The summed E-state index contributed by atoms with van der Waals surface area (Å²) in [6, 6.07) is 6.38. The van der Waals surface area contributed by atoms with Crippen LogP contribution in [0.3, 0.4) is 0 Å². The third-order valence-electron chi connectivity index (χ3n) is 2.84. The normalized spacial score (nSPS) is 10.8. The highest BCUT2D eigenvalue weighted by Gasteiger charge is 2.14. The highest BCUT2D eigenvalue weighted by Crippen LogP contribution is 2.26. The average Bonchev–Trinajstić information content (AvgIpc) is 2.93. The number of nitrogens with one attached hydrogen (secondary N) is 1. The van der Waals surface area contributed by atoms with Crippen LogP contribution in [0.4, 0.5) is 13.2 Å². The van der Waals surface area contributed by atoms with Crippen LogP contribution in [0.15, 0.2) is 42.7 Å². The number of H-pyrrole nitrogens is 1. The second-order valence-electron chi connectivity index (χ2n) is 4.15. The molecule has 0 spiro atoms. The predicted octanol–water partition coefficient (Wildman–Crippen LogP) is 3.56. The van der Waals surface area contributed by atoms with Crippen LogP contribution >= 0.6 is 0 Å². The molecule has 6 heteroatoms. The van der Waals surface area contributed by atoms with Gasteiger partial charge in [0.1, 0.15) is 5.82 Å². The topological polar surface area (TPSA) is 41.6 Å². The Kier molecular flexibility index (Phi) is 2.98. The third kappa shape index (κ3) is 2.16. The molecule has 0 fully saturated rings. The summed E-state index contributed by atoms with van der Waals surface area (Å²) in [5.74, 6) is -3.19. The fourth-order valence-corrected chi connectivity index (χ4v) is 1.85. The van der Waals surface area contributed by atoms with Crippen LogP contribution in [0.5, 0.6) is 0 Å². The standard InChI is InChI=1S/C14H8F3N3/c15-10-5-12(17)11(16)4-9(10)14-6-13(19-20-14)8-2-1-3-18-7-8/h1-7H,(H,19,20). The van der Waals surface area contributed by atoms with Gasteiger partial charge in [-0.25, -0.2) is 13.2 Å². The number of nitrogens with zero attached hydrogens (tertiary/aromatic N) is 2. The van der Waals surface area contributed by atoms with Gasteiger partial charge in [0.25, 0.3) is 0 Å². The maximum Gasteiger partial charge on any atom is 0.161 e. The van der Waals surface area contributed by atoms with Gasteiger partial charge in [-0.3, -0.25) is 10.1 Å². The van der Waals surface area contributed by atoms with Gasteiger partial charge in [-0.15, -0.1) is 0 Å². The molecule has 0 bridgehead atoms. The van der Waals surface area contributed by atoms with Crippen molar-refractivity contribution in [3.63, 3.8) is 0 Å². The van der Waals surface area contributed by atoms with Gasteiger partial charge in [-0.05, 0) is 24.3 Å². The summed E-state index contributed by atoms with van der Waals surface area (Å²) in [5.41, 5.74) is 1.46. The molecule has 0 saturated carbocycles. The van der Waals surface area contributed by atoms with Gasteiger partial charge >= 0.3 is 0 Å². The Morgan fingerprint density at radius 1 is 0.950 bits per heavy atom. The van der Waals surface area contributed by atoms with Crippen molar-refractivity contribution in [3.8, 4) is 22.5 Å². The van der Waals surface area contributed by atoms with E-state index in [4.69, 9.17) is 0 Å². The molecule has 1 aromatic carbocycles. The number of aromatic amines is 1. The number of aromatic nitrogens is 3. The minimum absolute atomic E-state index is 0.0773. The number of benzene rings is 1. The largest absolute Gasteiger partial charge is 0.277 e. The van der Waals surface area contributed by atoms with Crippen LogP contribution in [-0.2, 0) is 0 Å². The summed E-state index contributed by atoms with van der Waals surface area (Å²) >= 11 is 0. The zero-order chi connectivity index (χ0) is 14.1. The summed E-state index contributed by atoms with van der Waals surface area (Å²) in [6.07, 6.45) is 3.22. The molecule has 0 atom stereocenters. The molecule has 1 N–H and O–H groups in total. The Bertz CT molecular complexity index is 754. The minimum atomic E-state index is -1.22. The first-order valence-electron chi connectivity index (χ1n) is 5.76. The number of hydrogen-bond acceptors (Lipinski definition) is 2. The predicted molar refractivity (Wildman–Crippen MR) is 67.1 cm³/mol. The number of rotatable bonds is 2. The van der Waals surface area contributed by atoms with Crippen molar-refractivity contribution in [3.05, 3.63) is 60.2 Å². The first-order chi connectivity index (χ1) is 9.65. The third-order valence-corrected chi connectivity index (χ3v) is 2.84. The quantitative estimate of drug-likeness (QED) is 0.726. The van der Waals surface area contributed by atoms with E-state index in [1.807, 2.05) is 0 Å². The molecule has 0 saturated heterocycles. The molecular formula is C14H8F3N3. The monoisotopic (exact) mass is 275 g/mol. The Morgan fingerprint density at radius 2 is 1.75 bits per heavy atom. The molecule has 0 radical (unpaired) electrons. The highest BCUT2D eigenvalue weighted by atomic mass is 19.2. The molecule has 0 aliphatic carbocycles. The fourth-order valence-electron chi connectivity index (χ4n) is 1.85. The van der Waals surface area contributed by atoms with Crippen LogP contribution in [-0.4, -0.2) is 15.2 Å². The number of halogens is 3. The lowest BCUT2D eigenvalue weighted by atomic mass is 10.1. The summed E-state index contributed by atoms with van der Waals surface area (Å²) < 4.78 is 39.7. The van der Waals surface area contributed by atoms with Gasteiger partial charge < -0.3 is 0 Å². The maximum absolute atomic E-state index is 13.7. The Balaban J connectivity index is 2.05. The van der Waals surface area contributed by atoms with E-state index < -0.39 is 17.5 Å². The number of pyridine rings is 1. The minimum Gasteiger partial charge on any atom is -0.277 e. The molecule has 3 aromatic rings. The first-order valence-corrected chi connectivity index (χ1v) is 5.76. The van der Waals surface area contributed by atoms with Gasteiger partial charge in [0.2, 0.25) is 0 Å². The molecule has 0 aliphatic rings.